The third kappa shape index (κ3) is 2.22. The summed E-state index contributed by atoms with van der Waals surface area (Å²) < 4.78 is 26.3. The first kappa shape index (κ1) is 14.3. The van der Waals surface area contributed by atoms with Crippen LogP contribution in [0.4, 0.5) is 0 Å². The van der Waals surface area contributed by atoms with E-state index in [0.717, 1.165) is 9.54 Å². The second-order valence-corrected chi connectivity index (χ2v) is 6.46. The first-order chi connectivity index (χ1) is 9.25. The SMILES string of the molecule is Cc1ccc(S(=O)(=O)n2c(C)cc(C(=O)O)c2C)cc1. The van der Waals surface area contributed by atoms with Crippen LogP contribution in [0.5, 0.6) is 0 Å². The Kier molecular flexibility index (Phi) is 3.43. The fourth-order valence-corrected chi connectivity index (χ4v) is 3.73. The van der Waals surface area contributed by atoms with Gasteiger partial charge in [0, 0.05) is 11.4 Å². The lowest BCUT2D eigenvalue weighted by Crippen LogP contribution is -2.16. The zero-order valence-electron chi connectivity index (χ0n) is 11.4. The maximum absolute atomic E-state index is 12.6. The summed E-state index contributed by atoms with van der Waals surface area (Å²) in [6.07, 6.45) is 0. The van der Waals surface area contributed by atoms with Gasteiger partial charge in [0.2, 0.25) is 0 Å². The largest absolute Gasteiger partial charge is 0.478 e. The Morgan fingerprint density at radius 3 is 2.10 bits per heavy atom. The zero-order valence-corrected chi connectivity index (χ0v) is 12.2. The molecule has 20 heavy (non-hydrogen) atoms. The highest BCUT2D eigenvalue weighted by Crippen LogP contribution is 2.22. The van der Waals surface area contributed by atoms with E-state index in [4.69, 9.17) is 5.11 Å². The van der Waals surface area contributed by atoms with Gasteiger partial charge < -0.3 is 5.11 Å². The van der Waals surface area contributed by atoms with E-state index in [0.29, 0.717) is 5.69 Å². The van der Waals surface area contributed by atoms with E-state index in [2.05, 4.69) is 0 Å². The molecular weight excluding hydrogens is 278 g/mol. The molecular formula is C14H15NO4S. The third-order valence-electron chi connectivity index (χ3n) is 3.16. The van der Waals surface area contributed by atoms with Gasteiger partial charge in [0.05, 0.1) is 10.5 Å². The van der Waals surface area contributed by atoms with Crippen LogP contribution in [-0.2, 0) is 10.0 Å². The van der Waals surface area contributed by atoms with Gasteiger partial charge in [-0.05, 0) is 39.0 Å². The summed E-state index contributed by atoms with van der Waals surface area (Å²) in [6, 6.07) is 7.82. The molecule has 1 N–H and O–H groups in total. The van der Waals surface area contributed by atoms with Crippen molar-refractivity contribution in [2.75, 3.05) is 0 Å². The number of aryl methyl sites for hydroxylation is 2. The minimum atomic E-state index is -3.78. The highest BCUT2D eigenvalue weighted by molar-refractivity contribution is 7.90. The van der Waals surface area contributed by atoms with Crippen LogP contribution in [-0.4, -0.2) is 23.5 Å². The van der Waals surface area contributed by atoms with Gasteiger partial charge in [-0.2, -0.15) is 0 Å². The second kappa shape index (κ2) is 4.79. The topological polar surface area (TPSA) is 76.4 Å². The first-order valence-corrected chi connectivity index (χ1v) is 7.43. The molecule has 106 valence electrons. The molecule has 0 aliphatic rings. The molecule has 0 aliphatic carbocycles. The van der Waals surface area contributed by atoms with Gasteiger partial charge in [0.1, 0.15) is 0 Å². The normalized spacial score (nSPS) is 11.6. The van der Waals surface area contributed by atoms with Crippen LogP contribution in [0.1, 0.15) is 27.3 Å². The van der Waals surface area contributed by atoms with Gasteiger partial charge in [-0.3, -0.25) is 0 Å². The van der Waals surface area contributed by atoms with E-state index < -0.39 is 16.0 Å². The lowest BCUT2D eigenvalue weighted by molar-refractivity contribution is 0.0696. The molecule has 0 bridgehead atoms. The number of aromatic carboxylic acids is 1. The predicted octanol–water partition coefficient (Wildman–Crippen LogP) is 2.35. The summed E-state index contributed by atoms with van der Waals surface area (Å²) in [6.45, 7) is 4.93. The summed E-state index contributed by atoms with van der Waals surface area (Å²) in [4.78, 5) is 11.2. The molecule has 1 heterocycles. The Labute approximate surface area is 117 Å². The lowest BCUT2D eigenvalue weighted by atomic mass is 10.2. The molecule has 0 amide bonds. The lowest BCUT2D eigenvalue weighted by Gasteiger charge is -2.11. The van der Waals surface area contributed by atoms with Crippen LogP contribution in [0.15, 0.2) is 35.2 Å². The van der Waals surface area contributed by atoms with Gasteiger partial charge in [0.25, 0.3) is 10.0 Å². The quantitative estimate of drug-likeness (QED) is 0.942. The molecule has 0 radical (unpaired) electrons. The maximum atomic E-state index is 12.6. The zero-order chi connectivity index (χ0) is 15.1. The Morgan fingerprint density at radius 2 is 1.65 bits per heavy atom. The maximum Gasteiger partial charge on any atom is 0.337 e. The van der Waals surface area contributed by atoms with Gasteiger partial charge >= 0.3 is 5.97 Å². The van der Waals surface area contributed by atoms with Crippen LogP contribution in [0, 0.1) is 20.8 Å². The minimum Gasteiger partial charge on any atom is -0.478 e. The summed E-state index contributed by atoms with van der Waals surface area (Å²) in [5, 5.41) is 9.07. The van der Waals surface area contributed by atoms with Crippen molar-refractivity contribution >= 4 is 16.0 Å². The van der Waals surface area contributed by atoms with Crippen molar-refractivity contribution in [3.8, 4) is 0 Å². The van der Waals surface area contributed by atoms with Crippen LogP contribution in [0.2, 0.25) is 0 Å². The van der Waals surface area contributed by atoms with E-state index in [-0.39, 0.29) is 16.2 Å². The number of hydrogen-bond acceptors (Lipinski definition) is 3. The summed E-state index contributed by atoms with van der Waals surface area (Å²) in [5.74, 6) is -1.14. The van der Waals surface area contributed by atoms with Crippen LogP contribution < -0.4 is 0 Å². The molecule has 1 aromatic carbocycles. The standard InChI is InChI=1S/C14H15NO4S/c1-9-4-6-12(7-5-9)20(18,19)15-10(2)8-13(11(15)3)14(16)17/h4-8H,1-3H3,(H,16,17). The highest BCUT2D eigenvalue weighted by atomic mass is 32.2. The van der Waals surface area contributed by atoms with Crippen molar-refractivity contribution in [3.05, 3.63) is 52.8 Å². The highest BCUT2D eigenvalue weighted by Gasteiger charge is 2.24. The van der Waals surface area contributed by atoms with Crippen molar-refractivity contribution in [1.82, 2.24) is 3.97 Å². The van der Waals surface area contributed by atoms with Crippen LogP contribution >= 0.6 is 0 Å². The Morgan fingerprint density at radius 1 is 1.10 bits per heavy atom. The Hall–Kier alpha value is -2.08. The monoisotopic (exact) mass is 293 g/mol. The van der Waals surface area contributed by atoms with Gasteiger partial charge in [-0.25, -0.2) is 17.2 Å². The van der Waals surface area contributed by atoms with E-state index in [9.17, 15) is 13.2 Å². The van der Waals surface area contributed by atoms with E-state index >= 15 is 0 Å². The molecule has 0 aliphatic heterocycles. The first-order valence-electron chi connectivity index (χ1n) is 5.99. The summed E-state index contributed by atoms with van der Waals surface area (Å²) in [5.41, 5.74) is 1.53. The van der Waals surface area contributed by atoms with E-state index in [1.807, 2.05) is 6.92 Å². The number of carbonyl (C=O) groups is 1. The molecule has 2 rings (SSSR count). The number of carboxylic acids is 1. The number of hydrogen-bond donors (Lipinski definition) is 1. The van der Waals surface area contributed by atoms with Crippen molar-refractivity contribution in [3.63, 3.8) is 0 Å². The molecule has 6 heteroatoms. The predicted molar refractivity (Wildman–Crippen MR) is 74.6 cm³/mol. The smallest absolute Gasteiger partial charge is 0.337 e. The Balaban J connectivity index is 2.67. The average Bonchev–Trinajstić information content (AvgIpc) is 2.66. The average molecular weight is 293 g/mol. The number of aromatic nitrogens is 1. The molecule has 0 fully saturated rings. The molecule has 0 unspecified atom stereocenters. The van der Waals surface area contributed by atoms with E-state index in [1.165, 1.54) is 25.1 Å². The fourth-order valence-electron chi connectivity index (χ4n) is 2.15. The minimum absolute atomic E-state index is 0.00168. The summed E-state index contributed by atoms with van der Waals surface area (Å²) in [7, 11) is -3.78. The van der Waals surface area contributed by atoms with Gasteiger partial charge in [0.15, 0.2) is 0 Å². The number of rotatable bonds is 3. The molecule has 0 atom stereocenters. The molecule has 2 aromatic rings. The molecule has 0 saturated heterocycles. The number of carboxylic acid groups (broad SMARTS) is 1. The number of nitrogens with zero attached hydrogens (tertiary/aromatic N) is 1. The van der Waals surface area contributed by atoms with Crippen molar-refractivity contribution < 1.29 is 18.3 Å². The van der Waals surface area contributed by atoms with Crippen molar-refractivity contribution in [1.29, 1.82) is 0 Å². The third-order valence-corrected chi connectivity index (χ3v) is 5.07. The molecule has 5 nitrogen and oxygen atoms in total. The van der Waals surface area contributed by atoms with Crippen molar-refractivity contribution in [2.45, 2.75) is 25.7 Å². The molecule has 0 saturated carbocycles. The number of benzene rings is 1. The molecule has 0 spiro atoms. The fraction of sp³-hybridized carbons (Fsp3) is 0.214. The van der Waals surface area contributed by atoms with E-state index in [1.54, 1.807) is 19.1 Å². The van der Waals surface area contributed by atoms with Crippen molar-refractivity contribution in [2.24, 2.45) is 0 Å². The van der Waals surface area contributed by atoms with Gasteiger partial charge in [-0.15, -0.1) is 0 Å². The molecule has 1 aromatic heterocycles. The second-order valence-electron chi connectivity index (χ2n) is 4.67. The van der Waals surface area contributed by atoms with Crippen LogP contribution in [0.3, 0.4) is 0 Å². The summed E-state index contributed by atoms with van der Waals surface area (Å²) >= 11 is 0. The Bertz CT molecular complexity index is 770. The van der Waals surface area contributed by atoms with Crippen LogP contribution in [0.25, 0.3) is 0 Å². The van der Waals surface area contributed by atoms with Gasteiger partial charge in [-0.1, -0.05) is 17.7 Å².